The molecule has 11 rings (SSSR count). The zero-order valence-electron chi connectivity index (χ0n) is 47.9. The average molecular weight is 1240 g/mol. The molecule has 0 atom stereocenters. The van der Waals surface area contributed by atoms with Gasteiger partial charge >= 0.3 is 0 Å². The molecule has 0 radical (unpaired) electrons. The fraction of sp³-hybridized carbons (Fsp3) is 0.250. The third-order valence-corrected chi connectivity index (χ3v) is 15.6. The molecule has 0 bridgehead atoms. The largest absolute Gasteiger partial charge is 0.509 e. The predicted octanol–water partition coefficient (Wildman–Crippen LogP) is 20.2. The van der Waals surface area contributed by atoms with Crippen molar-refractivity contribution >= 4 is 44.6 Å². The van der Waals surface area contributed by atoms with E-state index in [1.165, 1.54) is 45.5 Å². The monoisotopic (exact) mass is 1240 g/mol. The van der Waals surface area contributed by atoms with Gasteiger partial charge in [-0.25, -0.2) is 13.8 Å². The van der Waals surface area contributed by atoms with Crippen molar-refractivity contribution < 1.29 is 34.6 Å². The molecule has 0 N–H and O–H groups in total. The summed E-state index contributed by atoms with van der Waals surface area (Å²) in [5.74, 6) is 1.12. The van der Waals surface area contributed by atoms with Gasteiger partial charge in [0.1, 0.15) is 17.5 Å². The second kappa shape index (κ2) is 22.0. The number of hydrogen-bond donors (Lipinski definition) is 0. The molecule has 1 aliphatic heterocycles. The molecule has 0 amide bonds. The van der Waals surface area contributed by atoms with Crippen LogP contribution in [-0.2, 0) is 44.7 Å². The first-order valence-electron chi connectivity index (χ1n) is 27.9. The van der Waals surface area contributed by atoms with Gasteiger partial charge in [-0.15, -0.1) is 53.6 Å². The summed E-state index contributed by atoms with van der Waals surface area (Å²) in [6, 6.07) is 58.7. The van der Waals surface area contributed by atoms with Crippen molar-refractivity contribution in [1.29, 1.82) is 0 Å². The first-order chi connectivity index (χ1) is 37.8. The third-order valence-electron chi connectivity index (χ3n) is 15.6. The number of aromatic nitrogens is 2. The molecule has 3 heterocycles. The summed E-state index contributed by atoms with van der Waals surface area (Å²) in [5.41, 5.74) is 17.3. The van der Waals surface area contributed by atoms with Crippen LogP contribution < -0.4 is 14.5 Å². The molecule has 0 spiro atoms. The van der Waals surface area contributed by atoms with Crippen molar-refractivity contribution in [2.24, 2.45) is 0 Å². The van der Waals surface area contributed by atoms with Gasteiger partial charge in [0, 0.05) is 78.5 Å². The number of hydrogen-bond acceptors (Lipinski definition) is 4. The number of pyridine rings is 1. The number of benzene rings is 8. The SMILES string of the molecule is CCc1cccc(CC)c1-c1cc(Oc2[c-]c3c(cc2)c2ccccc2n3-c2cc(C(C)(C)C)ccn2)[c-]c(N2[CH-]N(c3c(-c4cc(F)cc(F)c4)cc(C(C)(C)C)cc3-c3cc(C(C)C)cc(C(C)C)c3)c3ccccc32)c1.[Pt]. The smallest absolute Gasteiger partial charge is 0.135 e. The molecule has 2 aromatic heterocycles. The summed E-state index contributed by atoms with van der Waals surface area (Å²) in [5, 5.41) is 2.15. The van der Waals surface area contributed by atoms with Gasteiger partial charge in [-0.3, -0.25) is 0 Å². The summed E-state index contributed by atoms with van der Waals surface area (Å²) >= 11 is 0. The van der Waals surface area contributed by atoms with E-state index in [9.17, 15) is 0 Å². The fourth-order valence-corrected chi connectivity index (χ4v) is 11.2. The van der Waals surface area contributed by atoms with E-state index >= 15 is 8.78 Å². The Morgan fingerprint density at radius 3 is 1.77 bits per heavy atom. The van der Waals surface area contributed by atoms with Gasteiger partial charge in [0.05, 0.1) is 0 Å². The first kappa shape index (κ1) is 56.0. The van der Waals surface area contributed by atoms with Crippen molar-refractivity contribution in [2.75, 3.05) is 9.80 Å². The van der Waals surface area contributed by atoms with E-state index in [1.54, 1.807) is 0 Å². The maximum Gasteiger partial charge on any atom is 0.135 e. The van der Waals surface area contributed by atoms with Crippen LogP contribution in [0.1, 0.15) is 128 Å². The molecule has 1 aliphatic rings. The van der Waals surface area contributed by atoms with Crippen molar-refractivity contribution in [1.82, 2.24) is 9.55 Å². The second-order valence-corrected chi connectivity index (χ2v) is 23.8. The Labute approximate surface area is 486 Å². The minimum Gasteiger partial charge on any atom is -0.509 e. The number of aryl methyl sites for hydroxylation is 2. The summed E-state index contributed by atoms with van der Waals surface area (Å²) in [7, 11) is 0. The van der Waals surface area contributed by atoms with Crippen LogP contribution in [0.3, 0.4) is 0 Å². The van der Waals surface area contributed by atoms with E-state index in [1.807, 2.05) is 18.3 Å². The van der Waals surface area contributed by atoms with E-state index < -0.39 is 11.6 Å². The predicted molar refractivity (Wildman–Crippen MR) is 325 cm³/mol. The first-order valence-corrected chi connectivity index (χ1v) is 27.9. The maximum absolute atomic E-state index is 15.7. The van der Waals surface area contributed by atoms with Gasteiger partial charge in [0.15, 0.2) is 0 Å². The Hall–Kier alpha value is -7.34. The van der Waals surface area contributed by atoms with Crippen molar-refractivity contribution in [2.45, 2.75) is 119 Å². The number of halogens is 2. The molecule has 8 aromatic carbocycles. The Morgan fingerprint density at radius 1 is 0.562 bits per heavy atom. The van der Waals surface area contributed by atoms with Gasteiger partial charge in [-0.2, -0.15) is 6.07 Å². The van der Waals surface area contributed by atoms with E-state index in [2.05, 4.69) is 238 Å². The topological polar surface area (TPSA) is 33.5 Å². The molecule has 10 aromatic rings. The summed E-state index contributed by atoms with van der Waals surface area (Å²) in [6.45, 7) is 28.6. The normalized spacial score (nSPS) is 12.8. The van der Waals surface area contributed by atoms with Gasteiger partial charge in [0.2, 0.25) is 0 Å². The minimum atomic E-state index is -0.637. The molecule has 0 fully saturated rings. The van der Waals surface area contributed by atoms with E-state index in [0.29, 0.717) is 22.6 Å². The van der Waals surface area contributed by atoms with Crippen LogP contribution in [0.2, 0.25) is 0 Å². The van der Waals surface area contributed by atoms with E-state index in [0.717, 1.165) is 91.5 Å². The van der Waals surface area contributed by atoms with Crippen LogP contribution >= 0.6 is 0 Å². The van der Waals surface area contributed by atoms with Gasteiger partial charge < -0.3 is 19.1 Å². The van der Waals surface area contributed by atoms with E-state index in [4.69, 9.17) is 9.72 Å². The standard InChI is InChI=1S/C72H69F2N4O.Pt/c1-13-46-20-19-21-47(14-2)69(46)52-35-57(41-59(36-52)79-58-26-27-61-60-22-15-16-23-64(60)78(67(61)42-58)68-39-53(28-29-75-68)71(7,8)9)76-43-77(66-25-18-17-24-65(66)76)70-62(50-31-48(44(3)4)30-49(32-50)45(5)6)37-54(72(10,11)12)38-63(70)51-33-55(73)40-56(74)34-51;/h15-40,43-45H,13-14H2,1-12H3;/q-3;. The van der Waals surface area contributed by atoms with Crippen molar-refractivity contribution in [3.8, 4) is 50.7 Å². The molecule has 410 valence electrons. The fourth-order valence-electron chi connectivity index (χ4n) is 11.2. The van der Waals surface area contributed by atoms with Crippen LogP contribution in [0.5, 0.6) is 11.5 Å². The number of anilines is 4. The third kappa shape index (κ3) is 10.6. The zero-order valence-corrected chi connectivity index (χ0v) is 50.2. The van der Waals surface area contributed by atoms with Crippen LogP contribution in [0.15, 0.2) is 158 Å². The molecule has 0 saturated heterocycles. The van der Waals surface area contributed by atoms with Crippen molar-refractivity contribution in [3.63, 3.8) is 0 Å². The minimum absolute atomic E-state index is 0. The summed E-state index contributed by atoms with van der Waals surface area (Å²) < 4.78 is 40.6. The van der Waals surface area contributed by atoms with Gasteiger partial charge in [-0.05, 0) is 146 Å². The summed E-state index contributed by atoms with van der Waals surface area (Å²) in [6.07, 6.45) is 3.57. The molecule has 8 heteroatoms. The van der Waals surface area contributed by atoms with Crippen LogP contribution in [-0.4, -0.2) is 9.55 Å². The molecule has 0 saturated carbocycles. The molecule has 5 nitrogen and oxygen atoms in total. The van der Waals surface area contributed by atoms with Crippen LogP contribution in [0.4, 0.5) is 31.5 Å². The Kier molecular flexibility index (Phi) is 15.4. The van der Waals surface area contributed by atoms with Crippen LogP contribution in [0, 0.1) is 30.4 Å². The Balaban J connectivity index is 0.00000720. The van der Waals surface area contributed by atoms with Crippen molar-refractivity contribution in [3.05, 3.63) is 222 Å². The van der Waals surface area contributed by atoms with Crippen LogP contribution in [0.25, 0.3) is 61.0 Å². The summed E-state index contributed by atoms with van der Waals surface area (Å²) in [4.78, 5) is 9.30. The zero-order chi connectivity index (χ0) is 55.7. The number of para-hydroxylation sites is 3. The molecular weight excluding hydrogens is 1170 g/mol. The van der Waals surface area contributed by atoms with E-state index in [-0.39, 0.29) is 43.7 Å². The number of ether oxygens (including phenoxy) is 1. The number of rotatable bonds is 12. The molecule has 0 aliphatic carbocycles. The maximum atomic E-state index is 15.7. The van der Waals surface area contributed by atoms with Gasteiger partial charge in [0.25, 0.3) is 0 Å². The number of nitrogens with zero attached hydrogens (tertiary/aromatic N) is 4. The Morgan fingerprint density at radius 2 is 1.16 bits per heavy atom. The molecular formula is C72H69F2N4OPt-3. The van der Waals surface area contributed by atoms with Gasteiger partial charge in [-0.1, -0.05) is 155 Å². The number of fused-ring (bicyclic) bond motifs is 4. The molecule has 0 unspecified atom stereocenters. The molecule has 80 heavy (non-hydrogen) atoms. The second-order valence-electron chi connectivity index (χ2n) is 23.8. The quantitative estimate of drug-likeness (QED) is 0.114. The Bertz CT molecular complexity index is 3900. The average Bonchev–Trinajstić information content (AvgIpc) is 4.13.